The van der Waals surface area contributed by atoms with E-state index in [9.17, 15) is 9.18 Å². The monoisotopic (exact) mass is 224 g/mol. The number of hydrogen-bond donors (Lipinski definition) is 2. The Morgan fingerprint density at radius 1 is 1.44 bits per heavy atom. The molecule has 0 spiro atoms. The maximum absolute atomic E-state index is 12.9. The van der Waals surface area contributed by atoms with Crippen LogP contribution in [-0.2, 0) is 4.79 Å². The lowest BCUT2D eigenvalue weighted by atomic mass is 9.92. The molecular weight excluding hydrogens is 207 g/mol. The van der Waals surface area contributed by atoms with Gasteiger partial charge in [0.25, 0.3) is 0 Å². The number of carbonyl (C=O) groups is 1. The minimum Gasteiger partial charge on any atom is -0.397 e. The van der Waals surface area contributed by atoms with Crippen LogP contribution < -0.4 is 11.1 Å². The molecule has 0 saturated carbocycles. The largest absolute Gasteiger partial charge is 0.397 e. The first-order valence-electron chi connectivity index (χ1n) is 5.13. The number of hydrogen-bond acceptors (Lipinski definition) is 2. The van der Waals surface area contributed by atoms with E-state index in [4.69, 9.17) is 5.73 Å². The zero-order valence-corrected chi connectivity index (χ0v) is 9.80. The second-order valence-corrected chi connectivity index (χ2v) is 5.02. The first-order chi connectivity index (χ1) is 7.28. The van der Waals surface area contributed by atoms with Gasteiger partial charge in [0.1, 0.15) is 5.82 Å². The van der Waals surface area contributed by atoms with Crippen LogP contribution in [0.25, 0.3) is 0 Å². The molecule has 0 radical (unpaired) electrons. The first-order valence-corrected chi connectivity index (χ1v) is 5.13. The van der Waals surface area contributed by atoms with Gasteiger partial charge in [0, 0.05) is 6.42 Å². The molecule has 0 aliphatic carbocycles. The van der Waals surface area contributed by atoms with Crippen molar-refractivity contribution in [3.63, 3.8) is 0 Å². The molecule has 0 saturated heterocycles. The van der Waals surface area contributed by atoms with Crippen molar-refractivity contribution in [2.45, 2.75) is 27.2 Å². The highest BCUT2D eigenvalue weighted by molar-refractivity contribution is 5.94. The Labute approximate surface area is 94.8 Å². The van der Waals surface area contributed by atoms with Crippen LogP contribution in [0.15, 0.2) is 18.2 Å². The van der Waals surface area contributed by atoms with E-state index in [1.54, 1.807) is 0 Å². The highest BCUT2D eigenvalue weighted by Crippen LogP contribution is 2.22. The van der Waals surface area contributed by atoms with Gasteiger partial charge in [-0.05, 0) is 23.6 Å². The van der Waals surface area contributed by atoms with Crippen molar-refractivity contribution in [1.29, 1.82) is 0 Å². The molecule has 1 rings (SSSR count). The van der Waals surface area contributed by atoms with Gasteiger partial charge in [-0.3, -0.25) is 4.79 Å². The summed E-state index contributed by atoms with van der Waals surface area (Å²) in [4.78, 5) is 11.6. The van der Waals surface area contributed by atoms with Crippen LogP contribution in [0, 0.1) is 11.2 Å². The van der Waals surface area contributed by atoms with E-state index < -0.39 is 5.82 Å². The average molecular weight is 224 g/mol. The molecule has 3 nitrogen and oxygen atoms in total. The third-order valence-electron chi connectivity index (χ3n) is 1.98. The van der Waals surface area contributed by atoms with Gasteiger partial charge in [0.05, 0.1) is 11.4 Å². The molecular formula is C12H17FN2O. The molecule has 1 aromatic rings. The van der Waals surface area contributed by atoms with Crippen LogP contribution >= 0.6 is 0 Å². The summed E-state index contributed by atoms with van der Waals surface area (Å²) in [6.07, 6.45) is 0.364. The van der Waals surface area contributed by atoms with Gasteiger partial charge in [-0.15, -0.1) is 0 Å². The van der Waals surface area contributed by atoms with Gasteiger partial charge < -0.3 is 11.1 Å². The Balaban J connectivity index is 2.73. The summed E-state index contributed by atoms with van der Waals surface area (Å²) < 4.78 is 12.9. The molecule has 0 heterocycles. The Hall–Kier alpha value is -1.58. The van der Waals surface area contributed by atoms with Crippen LogP contribution in [0.4, 0.5) is 15.8 Å². The predicted molar refractivity (Wildman–Crippen MR) is 63.5 cm³/mol. The fraction of sp³-hybridized carbons (Fsp3) is 0.417. The molecule has 0 aliphatic rings. The maximum atomic E-state index is 12.9. The van der Waals surface area contributed by atoms with Crippen molar-refractivity contribution < 1.29 is 9.18 Å². The quantitative estimate of drug-likeness (QED) is 0.759. The zero-order chi connectivity index (χ0) is 12.3. The Morgan fingerprint density at radius 3 is 2.62 bits per heavy atom. The topological polar surface area (TPSA) is 55.1 Å². The summed E-state index contributed by atoms with van der Waals surface area (Å²) in [5, 5.41) is 2.60. The van der Waals surface area contributed by atoms with Crippen LogP contribution in [0.2, 0.25) is 0 Å². The minimum absolute atomic E-state index is 0.105. The van der Waals surface area contributed by atoms with E-state index in [0.29, 0.717) is 17.8 Å². The van der Waals surface area contributed by atoms with Crippen molar-refractivity contribution >= 4 is 17.3 Å². The number of nitrogens with one attached hydrogen (secondary N) is 1. The van der Waals surface area contributed by atoms with E-state index in [-0.39, 0.29) is 11.3 Å². The number of halogens is 1. The molecule has 0 atom stereocenters. The van der Waals surface area contributed by atoms with E-state index in [1.165, 1.54) is 18.2 Å². The lowest BCUT2D eigenvalue weighted by molar-refractivity contribution is -0.117. The number of benzene rings is 1. The van der Waals surface area contributed by atoms with E-state index in [2.05, 4.69) is 5.32 Å². The van der Waals surface area contributed by atoms with Crippen LogP contribution in [0.3, 0.4) is 0 Å². The first kappa shape index (κ1) is 12.5. The highest BCUT2D eigenvalue weighted by Gasteiger charge is 2.16. The fourth-order valence-electron chi connectivity index (χ4n) is 1.31. The molecule has 0 aliphatic heterocycles. The number of nitrogens with two attached hydrogens (primary N) is 1. The van der Waals surface area contributed by atoms with Crippen LogP contribution in [0.5, 0.6) is 0 Å². The van der Waals surface area contributed by atoms with Gasteiger partial charge in [-0.2, -0.15) is 0 Å². The van der Waals surface area contributed by atoms with E-state index in [1.807, 2.05) is 20.8 Å². The van der Waals surface area contributed by atoms with Crippen molar-refractivity contribution in [3.05, 3.63) is 24.0 Å². The van der Waals surface area contributed by atoms with Crippen molar-refractivity contribution in [2.24, 2.45) is 5.41 Å². The van der Waals surface area contributed by atoms with Gasteiger partial charge >= 0.3 is 0 Å². The smallest absolute Gasteiger partial charge is 0.224 e. The van der Waals surface area contributed by atoms with Crippen molar-refractivity contribution in [3.8, 4) is 0 Å². The third-order valence-corrected chi connectivity index (χ3v) is 1.98. The second kappa shape index (κ2) is 4.51. The number of nitrogen functional groups attached to an aromatic ring is 1. The Morgan fingerprint density at radius 2 is 2.06 bits per heavy atom. The summed E-state index contributed by atoms with van der Waals surface area (Å²) >= 11 is 0. The van der Waals surface area contributed by atoms with Crippen molar-refractivity contribution in [1.82, 2.24) is 0 Å². The molecule has 0 unspecified atom stereocenters. The van der Waals surface area contributed by atoms with Gasteiger partial charge in [0.2, 0.25) is 5.91 Å². The normalized spacial score (nSPS) is 11.2. The van der Waals surface area contributed by atoms with Crippen LogP contribution in [0.1, 0.15) is 27.2 Å². The summed E-state index contributed by atoms with van der Waals surface area (Å²) in [5.41, 5.74) is 6.21. The van der Waals surface area contributed by atoms with Gasteiger partial charge in [-0.1, -0.05) is 20.8 Å². The van der Waals surface area contributed by atoms with Gasteiger partial charge in [-0.25, -0.2) is 4.39 Å². The molecule has 4 heteroatoms. The van der Waals surface area contributed by atoms with Gasteiger partial charge in [0.15, 0.2) is 0 Å². The molecule has 3 N–H and O–H groups in total. The second-order valence-electron chi connectivity index (χ2n) is 5.02. The standard InChI is InChI=1S/C12H17FN2O/c1-12(2,3)7-11(16)15-10-6-8(13)4-5-9(10)14/h4-6H,7,14H2,1-3H3,(H,15,16). The predicted octanol–water partition coefficient (Wildman–Crippen LogP) is 2.78. The van der Waals surface area contributed by atoms with Crippen LogP contribution in [-0.4, -0.2) is 5.91 Å². The molecule has 1 amide bonds. The lowest BCUT2D eigenvalue weighted by Gasteiger charge is -2.17. The Bertz CT molecular complexity index is 396. The summed E-state index contributed by atoms with van der Waals surface area (Å²) in [6.45, 7) is 5.88. The Kier molecular flexibility index (Phi) is 3.52. The molecule has 0 aromatic heterocycles. The minimum atomic E-state index is -0.416. The third kappa shape index (κ3) is 3.88. The summed E-state index contributed by atoms with van der Waals surface area (Å²) in [7, 11) is 0. The van der Waals surface area contributed by atoms with E-state index in [0.717, 1.165) is 0 Å². The molecule has 16 heavy (non-hydrogen) atoms. The average Bonchev–Trinajstić information content (AvgIpc) is 2.08. The number of amides is 1. The zero-order valence-electron chi connectivity index (χ0n) is 9.80. The molecule has 88 valence electrons. The number of anilines is 2. The van der Waals surface area contributed by atoms with E-state index >= 15 is 0 Å². The maximum Gasteiger partial charge on any atom is 0.224 e. The highest BCUT2D eigenvalue weighted by atomic mass is 19.1. The fourth-order valence-corrected chi connectivity index (χ4v) is 1.31. The van der Waals surface area contributed by atoms with Crippen molar-refractivity contribution in [2.75, 3.05) is 11.1 Å². The number of carbonyl (C=O) groups excluding carboxylic acids is 1. The SMILES string of the molecule is CC(C)(C)CC(=O)Nc1cc(F)ccc1N. The summed E-state index contributed by atoms with van der Waals surface area (Å²) in [5.74, 6) is -0.579. The molecule has 0 fully saturated rings. The lowest BCUT2D eigenvalue weighted by Crippen LogP contribution is -2.20. The summed E-state index contributed by atoms with van der Waals surface area (Å²) in [6, 6.07) is 3.91. The number of rotatable bonds is 2. The molecule has 1 aromatic carbocycles. The molecule has 0 bridgehead atoms.